The molecule has 0 spiro atoms. The Bertz CT molecular complexity index is 1990. The van der Waals surface area contributed by atoms with Gasteiger partial charge in [-0.15, -0.1) is 0 Å². The summed E-state index contributed by atoms with van der Waals surface area (Å²) < 4.78 is 9.50. The fourth-order valence-corrected chi connectivity index (χ4v) is 4.25. The number of carbonyl (C=O) groups excluding carboxylic acids is 5. The molecule has 0 aliphatic rings. The Morgan fingerprint density at radius 3 is 1.34 bits per heavy atom. The second-order valence-corrected chi connectivity index (χ2v) is 11.1. The first-order valence-corrected chi connectivity index (χ1v) is 16.0. The molecule has 0 heterocycles. The van der Waals surface area contributed by atoms with Gasteiger partial charge < -0.3 is 37.1 Å². The van der Waals surface area contributed by atoms with E-state index in [2.05, 4.69) is 23.2 Å². The van der Waals surface area contributed by atoms with Gasteiger partial charge in [0.2, 0.25) is 0 Å². The summed E-state index contributed by atoms with van der Waals surface area (Å²) in [4.78, 5) is 70.3. The predicted molar refractivity (Wildman–Crippen MR) is 201 cm³/mol. The van der Waals surface area contributed by atoms with Gasteiger partial charge in [-0.05, 0) is 50.2 Å². The molecule has 0 saturated heterocycles. The Balaban J connectivity index is 0.000000310. The van der Waals surface area contributed by atoms with Crippen LogP contribution in [0.25, 0.3) is 0 Å². The van der Waals surface area contributed by atoms with Crippen molar-refractivity contribution < 1.29 is 43.3 Å². The predicted octanol–water partition coefficient (Wildman–Crippen LogP) is 4.61. The average Bonchev–Trinajstić information content (AvgIpc) is 3.15. The summed E-state index contributed by atoms with van der Waals surface area (Å²) in [6, 6.07) is 25.8. The minimum Gasteiger partial charge on any atom is -0.478 e. The van der Waals surface area contributed by atoms with Crippen molar-refractivity contribution in [2.75, 3.05) is 37.8 Å². The number of benzene rings is 4. The van der Waals surface area contributed by atoms with Crippen LogP contribution in [0.3, 0.4) is 0 Å². The van der Waals surface area contributed by atoms with Gasteiger partial charge in [-0.25, -0.2) is 14.4 Å². The van der Waals surface area contributed by atoms with Gasteiger partial charge in [0.25, 0.3) is 5.91 Å². The molecule has 53 heavy (non-hydrogen) atoms. The minimum absolute atomic E-state index is 0.0131. The summed E-state index contributed by atoms with van der Waals surface area (Å²) in [7, 11) is 0. The van der Waals surface area contributed by atoms with Gasteiger partial charge in [0.15, 0.2) is 11.6 Å². The largest absolute Gasteiger partial charge is 0.478 e. The van der Waals surface area contributed by atoms with Crippen molar-refractivity contribution in [3.8, 4) is 0 Å². The maximum atomic E-state index is 12.7. The molecule has 0 unspecified atom stereocenters. The molecule has 0 atom stereocenters. The number of aromatic carboxylic acids is 1. The molecule has 0 bridgehead atoms. The number of rotatable bonds is 13. The van der Waals surface area contributed by atoms with Gasteiger partial charge in [-0.1, -0.05) is 73.8 Å². The quantitative estimate of drug-likeness (QED) is 0.0419. The highest BCUT2D eigenvalue weighted by Crippen LogP contribution is 2.20. The number of amides is 1. The van der Waals surface area contributed by atoms with E-state index < -0.39 is 17.8 Å². The number of nitrogen functional groups attached to an aromatic ring is 2. The second-order valence-electron chi connectivity index (χ2n) is 11.1. The lowest BCUT2D eigenvalue weighted by Gasteiger charge is -2.11. The summed E-state index contributed by atoms with van der Waals surface area (Å²) in [6.45, 7) is 10.8. The van der Waals surface area contributed by atoms with E-state index in [-0.39, 0.29) is 65.1 Å². The Morgan fingerprint density at radius 1 is 0.585 bits per heavy atom. The normalized spacial score (nSPS) is 9.79. The van der Waals surface area contributed by atoms with E-state index in [0.717, 1.165) is 0 Å². The first-order chi connectivity index (χ1) is 25.2. The molecule has 0 aliphatic heterocycles. The van der Waals surface area contributed by atoms with Crippen LogP contribution in [0, 0.1) is 0 Å². The van der Waals surface area contributed by atoms with Crippen LogP contribution in [-0.4, -0.2) is 66.8 Å². The van der Waals surface area contributed by atoms with Gasteiger partial charge in [-0.3, -0.25) is 14.4 Å². The molecule has 0 fully saturated rings. The highest BCUT2D eigenvalue weighted by Gasteiger charge is 2.20. The number of nitrogens with two attached hydrogens (primary N) is 3. The van der Waals surface area contributed by atoms with E-state index in [1.807, 2.05) is 0 Å². The third kappa shape index (κ3) is 13.1. The van der Waals surface area contributed by atoms with Gasteiger partial charge in [0.1, 0.15) is 13.2 Å². The molecule has 13 nitrogen and oxygen atoms in total. The third-order valence-corrected chi connectivity index (χ3v) is 6.90. The molecular formula is C40H42N4O9. The molecule has 13 heteroatoms. The first kappa shape index (κ1) is 42.3. The summed E-state index contributed by atoms with van der Waals surface area (Å²) in [5, 5.41) is 11.7. The molecule has 276 valence electrons. The smallest absolute Gasteiger partial charge is 0.336 e. The van der Waals surface area contributed by atoms with Crippen LogP contribution in [0.1, 0.15) is 66.4 Å². The first-order valence-electron chi connectivity index (χ1n) is 16.0. The summed E-state index contributed by atoms with van der Waals surface area (Å²) >= 11 is 0. The van der Waals surface area contributed by atoms with Gasteiger partial charge in [-0.2, -0.15) is 0 Å². The second kappa shape index (κ2) is 21.4. The SMILES string of the molecule is C=C(C)C(=O)OCCN.C=C(C)C(=O)OCCNC(=O)c1ccccc1C(=O)c1ccccc1N.Nc1ccccc1C(=O)c1ccccc1C(=O)O. The zero-order chi connectivity index (χ0) is 39.5. The molecule has 4 aromatic rings. The zero-order valence-electron chi connectivity index (χ0n) is 29.4. The number of para-hydroxylation sites is 2. The van der Waals surface area contributed by atoms with Crippen molar-refractivity contribution in [3.63, 3.8) is 0 Å². The van der Waals surface area contributed by atoms with E-state index in [9.17, 15) is 28.8 Å². The van der Waals surface area contributed by atoms with Crippen LogP contribution >= 0.6 is 0 Å². The van der Waals surface area contributed by atoms with Crippen LogP contribution in [0.5, 0.6) is 0 Å². The molecule has 0 aliphatic carbocycles. The Labute approximate surface area is 307 Å². The summed E-state index contributed by atoms with van der Waals surface area (Å²) in [5.41, 5.74) is 19.3. The van der Waals surface area contributed by atoms with Crippen molar-refractivity contribution in [1.82, 2.24) is 5.32 Å². The lowest BCUT2D eigenvalue weighted by molar-refractivity contribution is -0.139. The van der Waals surface area contributed by atoms with Crippen LogP contribution in [0.2, 0.25) is 0 Å². The number of ketones is 2. The van der Waals surface area contributed by atoms with Crippen molar-refractivity contribution in [1.29, 1.82) is 0 Å². The van der Waals surface area contributed by atoms with E-state index in [1.165, 1.54) is 19.1 Å². The minimum atomic E-state index is -1.13. The fourth-order valence-electron chi connectivity index (χ4n) is 4.25. The zero-order valence-corrected chi connectivity index (χ0v) is 29.4. The van der Waals surface area contributed by atoms with Crippen LogP contribution in [0.15, 0.2) is 121 Å². The number of ether oxygens (including phenoxy) is 2. The summed E-state index contributed by atoms with van der Waals surface area (Å²) in [5.74, 6) is -3.17. The lowest BCUT2D eigenvalue weighted by atomic mass is 9.97. The lowest BCUT2D eigenvalue weighted by Crippen LogP contribution is -2.29. The van der Waals surface area contributed by atoms with Crippen LogP contribution in [0.4, 0.5) is 11.4 Å². The van der Waals surface area contributed by atoms with Gasteiger partial charge in [0, 0.05) is 51.3 Å². The number of anilines is 2. The molecule has 1 amide bonds. The number of carboxylic acid groups (broad SMARTS) is 1. The van der Waals surface area contributed by atoms with E-state index in [0.29, 0.717) is 34.6 Å². The number of nitrogens with one attached hydrogen (secondary N) is 1. The van der Waals surface area contributed by atoms with Crippen molar-refractivity contribution in [3.05, 3.63) is 155 Å². The van der Waals surface area contributed by atoms with E-state index >= 15 is 0 Å². The van der Waals surface area contributed by atoms with Gasteiger partial charge >= 0.3 is 17.9 Å². The highest BCUT2D eigenvalue weighted by atomic mass is 16.5. The third-order valence-electron chi connectivity index (χ3n) is 6.90. The summed E-state index contributed by atoms with van der Waals surface area (Å²) in [6.07, 6.45) is 0. The number of hydrogen-bond acceptors (Lipinski definition) is 11. The van der Waals surface area contributed by atoms with Crippen molar-refractivity contribution in [2.45, 2.75) is 13.8 Å². The van der Waals surface area contributed by atoms with Gasteiger partial charge in [0.05, 0.1) is 17.7 Å². The number of hydrogen-bond donors (Lipinski definition) is 5. The number of carbonyl (C=O) groups is 6. The molecule has 0 aromatic heterocycles. The maximum absolute atomic E-state index is 12.7. The number of esters is 2. The van der Waals surface area contributed by atoms with Crippen LogP contribution < -0.4 is 22.5 Å². The Hall–Kier alpha value is -6.86. The van der Waals surface area contributed by atoms with E-state index in [1.54, 1.807) is 91.9 Å². The molecule has 4 aromatic carbocycles. The molecular weight excluding hydrogens is 680 g/mol. The molecule has 4 rings (SSSR count). The Morgan fingerprint density at radius 2 is 0.943 bits per heavy atom. The standard InChI is InChI=1S/C20H20N2O4.C14H11NO3.C6H11NO2/c1-13(2)20(25)26-12-11-22-19(24)15-8-4-3-7-14(15)18(23)16-9-5-6-10-17(16)21;15-12-8-4-3-7-11(12)13(16)9-5-1-2-6-10(9)14(17)18;1-5(2)6(8)9-4-3-7/h3-10H,1,11-12,21H2,2H3,(H,22,24);1-8H,15H2,(H,17,18);1,3-4,7H2,2H3. The Kier molecular flexibility index (Phi) is 17.1. The van der Waals surface area contributed by atoms with Crippen molar-refractivity contribution in [2.24, 2.45) is 5.73 Å². The number of carboxylic acids is 1. The average molecular weight is 723 g/mol. The van der Waals surface area contributed by atoms with Crippen LogP contribution in [-0.2, 0) is 19.1 Å². The molecule has 0 saturated carbocycles. The fraction of sp³-hybridized carbons (Fsp3) is 0.150. The molecule has 0 radical (unpaired) electrons. The molecule has 8 N–H and O–H groups in total. The maximum Gasteiger partial charge on any atom is 0.336 e. The van der Waals surface area contributed by atoms with Crippen molar-refractivity contribution >= 4 is 46.8 Å². The highest BCUT2D eigenvalue weighted by molar-refractivity contribution is 6.17. The topological polar surface area (TPSA) is 231 Å². The monoisotopic (exact) mass is 722 g/mol. The van der Waals surface area contributed by atoms with E-state index in [4.69, 9.17) is 27.0 Å².